The van der Waals surface area contributed by atoms with E-state index in [0.717, 1.165) is 12.2 Å². The molecule has 0 atom stereocenters. The average molecular weight is 201 g/mol. The largest absolute Gasteiger partial charge is 0.381 e. The molecular formula is C12H11NS. The Hall–Kier alpha value is -1.41. The van der Waals surface area contributed by atoms with E-state index in [2.05, 4.69) is 35.6 Å². The van der Waals surface area contributed by atoms with E-state index in [0.29, 0.717) is 0 Å². The lowest BCUT2D eigenvalue weighted by Gasteiger charge is -2.04. The van der Waals surface area contributed by atoms with Gasteiger partial charge in [0, 0.05) is 12.2 Å². The van der Waals surface area contributed by atoms with E-state index >= 15 is 0 Å². The molecule has 0 spiro atoms. The molecule has 1 N–H and O–H groups in total. The molecule has 0 aromatic heterocycles. The summed E-state index contributed by atoms with van der Waals surface area (Å²) in [6.07, 6.45) is 0. The van der Waals surface area contributed by atoms with Crippen LogP contribution in [0.2, 0.25) is 0 Å². The second-order valence-electron chi connectivity index (χ2n) is 3.11. The molecule has 0 aliphatic heterocycles. The summed E-state index contributed by atoms with van der Waals surface area (Å²) in [5.41, 5.74) is 1.12. The van der Waals surface area contributed by atoms with E-state index in [4.69, 9.17) is 12.2 Å². The Morgan fingerprint density at radius 1 is 1.07 bits per heavy atom. The van der Waals surface area contributed by atoms with Gasteiger partial charge in [-0.2, -0.15) is 0 Å². The van der Waals surface area contributed by atoms with Gasteiger partial charge >= 0.3 is 0 Å². The third-order valence-corrected chi connectivity index (χ3v) is 2.31. The highest BCUT2D eigenvalue weighted by Crippen LogP contribution is 2.18. The van der Waals surface area contributed by atoms with Crippen LogP contribution in [0.3, 0.4) is 0 Å². The van der Waals surface area contributed by atoms with Crippen molar-refractivity contribution in [1.82, 2.24) is 0 Å². The molecule has 70 valence electrons. The molecule has 0 fully saturated rings. The fourth-order valence-corrected chi connectivity index (χ4v) is 1.54. The first kappa shape index (κ1) is 9.16. The number of rotatable bonds is 3. The predicted octanol–water partition coefficient (Wildman–Crippen LogP) is 3.25. The first-order chi connectivity index (χ1) is 6.90. The first-order valence-electron chi connectivity index (χ1n) is 4.56. The SMILES string of the molecule is S=CCNc1ccc2ccccc2c1. The Balaban J connectivity index is 2.36. The molecule has 0 aliphatic rings. The van der Waals surface area contributed by atoms with Crippen LogP contribution in [0.4, 0.5) is 5.69 Å². The maximum Gasteiger partial charge on any atom is 0.0434 e. The van der Waals surface area contributed by atoms with Crippen LogP contribution in [0.15, 0.2) is 42.5 Å². The summed E-state index contributed by atoms with van der Waals surface area (Å²) in [4.78, 5) is 0. The number of benzene rings is 2. The van der Waals surface area contributed by atoms with Gasteiger partial charge in [0.1, 0.15) is 0 Å². The van der Waals surface area contributed by atoms with E-state index < -0.39 is 0 Å². The highest BCUT2D eigenvalue weighted by Gasteiger charge is 1.93. The summed E-state index contributed by atoms with van der Waals surface area (Å²) in [5.74, 6) is 0. The Bertz CT molecular complexity index is 451. The van der Waals surface area contributed by atoms with E-state index in [1.165, 1.54) is 10.8 Å². The summed E-state index contributed by atoms with van der Waals surface area (Å²) in [6, 6.07) is 14.6. The van der Waals surface area contributed by atoms with Crippen molar-refractivity contribution < 1.29 is 0 Å². The first-order valence-corrected chi connectivity index (χ1v) is 5.03. The van der Waals surface area contributed by atoms with Crippen LogP contribution >= 0.6 is 12.2 Å². The van der Waals surface area contributed by atoms with Gasteiger partial charge in [-0.3, -0.25) is 0 Å². The van der Waals surface area contributed by atoms with Gasteiger partial charge in [-0.25, -0.2) is 0 Å². The second-order valence-corrected chi connectivity index (χ2v) is 3.44. The van der Waals surface area contributed by atoms with Crippen LogP contribution < -0.4 is 5.32 Å². The summed E-state index contributed by atoms with van der Waals surface area (Å²) in [6.45, 7) is 0.730. The molecule has 0 unspecified atom stereocenters. The highest BCUT2D eigenvalue weighted by atomic mass is 32.1. The van der Waals surface area contributed by atoms with E-state index in [9.17, 15) is 0 Å². The number of fused-ring (bicyclic) bond motifs is 1. The topological polar surface area (TPSA) is 12.0 Å². The standard InChI is InChI=1S/C12H11NS/c14-8-7-13-12-6-5-10-3-1-2-4-11(10)9-12/h1-6,8-9,13H,7H2. The molecule has 0 amide bonds. The fourth-order valence-electron chi connectivity index (χ4n) is 1.46. The Morgan fingerprint density at radius 3 is 2.64 bits per heavy atom. The molecule has 2 aromatic rings. The van der Waals surface area contributed by atoms with Crippen molar-refractivity contribution >= 4 is 34.0 Å². The zero-order valence-electron chi connectivity index (χ0n) is 7.73. The van der Waals surface area contributed by atoms with Crippen molar-refractivity contribution in [3.05, 3.63) is 42.5 Å². The minimum atomic E-state index is 0.730. The zero-order valence-corrected chi connectivity index (χ0v) is 8.55. The molecule has 0 radical (unpaired) electrons. The normalized spacial score (nSPS) is 10.0. The van der Waals surface area contributed by atoms with Gasteiger partial charge in [0.05, 0.1) is 0 Å². The number of nitrogens with one attached hydrogen (secondary N) is 1. The van der Waals surface area contributed by atoms with Crippen LogP contribution in [0, 0.1) is 0 Å². The zero-order chi connectivity index (χ0) is 9.80. The fraction of sp³-hybridized carbons (Fsp3) is 0.0833. The summed E-state index contributed by atoms with van der Waals surface area (Å²) < 4.78 is 0. The molecule has 14 heavy (non-hydrogen) atoms. The molecule has 1 nitrogen and oxygen atoms in total. The average Bonchev–Trinajstić information content (AvgIpc) is 2.26. The van der Waals surface area contributed by atoms with Crippen LogP contribution in [0.5, 0.6) is 0 Å². The minimum Gasteiger partial charge on any atom is -0.381 e. The molecule has 0 bridgehead atoms. The van der Waals surface area contributed by atoms with E-state index in [1.54, 1.807) is 5.37 Å². The van der Waals surface area contributed by atoms with Crippen molar-refractivity contribution in [2.24, 2.45) is 0 Å². The molecule has 2 heteroatoms. The van der Waals surface area contributed by atoms with Gasteiger partial charge in [-0.05, 0) is 28.3 Å². The minimum absolute atomic E-state index is 0.730. The van der Waals surface area contributed by atoms with Crippen molar-refractivity contribution in [3.63, 3.8) is 0 Å². The number of hydrogen-bond acceptors (Lipinski definition) is 2. The Kier molecular flexibility index (Phi) is 2.75. The third-order valence-electron chi connectivity index (χ3n) is 2.14. The lowest BCUT2D eigenvalue weighted by atomic mass is 10.1. The highest BCUT2D eigenvalue weighted by molar-refractivity contribution is 7.79. The van der Waals surface area contributed by atoms with Gasteiger partial charge in [0.2, 0.25) is 0 Å². The van der Waals surface area contributed by atoms with Gasteiger partial charge in [0.15, 0.2) is 0 Å². The molecule has 0 saturated heterocycles. The molecule has 0 saturated carbocycles. The smallest absolute Gasteiger partial charge is 0.0434 e. The monoisotopic (exact) mass is 201 g/mol. The quantitative estimate of drug-likeness (QED) is 0.765. The molecule has 0 heterocycles. The van der Waals surface area contributed by atoms with Crippen LogP contribution in [-0.4, -0.2) is 11.9 Å². The third kappa shape index (κ3) is 1.91. The van der Waals surface area contributed by atoms with Crippen LogP contribution in [0.25, 0.3) is 10.8 Å². The number of hydrogen-bond donors (Lipinski definition) is 1. The van der Waals surface area contributed by atoms with Crippen LogP contribution in [-0.2, 0) is 0 Å². The molecular weight excluding hydrogens is 190 g/mol. The van der Waals surface area contributed by atoms with Gasteiger partial charge in [0.25, 0.3) is 0 Å². The maximum atomic E-state index is 4.76. The summed E-state index contributed by atoms with van der Waals surface area (Å²) in [5, 5.41) is 7.43. The lowest BCUT2D eigenvalue weighted by molar-refractivity contribution is 1.44. The Morgan fingerprint density at radius 2 is 1.86 bits per heavy atom. The van der Waals surface area contributed by atoms with Gasteiger partial charge in [-0.1, -0.05) is 42.5 Å². The summed E-state index contributed by atoms with van der Waals surface area (Å²) >= 11 is 4.76. The lowest BCUT2D eigenvalue weighted by Crippen LogP contribution is -2.00. The molecule has 2 rings (SSSR count). The van der Waals surface area contributed by atoms with Crippen LogP contribution in [0.1, 0.15) is 0 Å². The maximum absolute atomic E-state index is 4.76. The van der Waals surface area contributed by atoms with Gasteiger partial charge < -0.3 is 5.32 Å². The van der Waals surface area contributed by atoms with Crippen molar-refractivity contribution in [2.75, 3.05) is 11.9 Å². The van der Waals surface area contributed by atoms with Crippen molar-refractivity contribution in [2.45, 2.75) is 0 Å². The molecule has 0 aliphatic carbocycles. The number of anilines is 1. The number of thiocarbonyl (C=S) groups is 1. The van der Waals surface area contributed by atoms with Crippen molar-refractivity contribution in [3.8, 4) is 0 Å². The molecule has 2 aromatic carbocycles. The van der Waals surface area contributed by atoms with E-state index in [1.807, 2.05) is 12.1 Å². The van der Waals surface area contributed by atoms with Gasteiger partial charge in [-0.15, -0.1) is 0 Å². The Labute approximate surface area is 88.8 Å². The second kappa shape index (κ2) is 4.20. The van der Waals surface area contributed by atoms with Crippen molar-refractivity contribution in [1.29, 1.82) is 0 Å². The van der Waals surface area contributed by atoms with E-state index in [-0.39, 0.29) is 0 Å². The predicted molar refractivity (Wildman–Crippen MR) is 66.1 cm³/mol. The summed E-state index contributed by atoms with van der Waals surface area (Å²) in [7, 11) is 0.